The molecule has 1 fully saturated rings. The van der Waals surface area contributed by atoms with Crippen molar-refractivity contribution in [2.75, 3.05) is 31.5 Å². The summed E-state index contributed by atoms with van der Waals surface area (Å²) >= 11 is 0. The van der Waals surface area contributed by atoms with E-state index in [0.29, 0.717) is 5.69 Å². The highest BCUT2D eigenvalue weighted by Gasteiger charge is 2.27. The Morgan fingerprint density at radius 1 is 1.09 bits per heavy atom. The molecule has 2 aromatic rings. The van der Waals surface area contributed by atoms with E-state index in [0.717, 1.165) is 5.56 Å². The molecule has 4 N–H and O–H groups in total. The number of carboxylic acid groups (broad SMARTS) is 1. The van der Waals surface area contributed by atoms with Crippen LogP contribution in [0.5, 0.6) is 0 Å². The number of piperazine rings is 1. The van der Waals surface area contributed by atoms with E-state index in [1.54, 1.807) is 18.2 Å². The van der Waals surface area contributed by atoms with Crippen molar-refractivity contribution in [2.24, 2.45) is 10.7 Å². The average Bonchev–Trinajstić information content (AvgIpc) is 2.79. The van der Waals surface area contributed by atoms with E-state index < -0.39 is 18.0 Å². The molecule has 33 heavy (non-hydrogen) atoms. The highest BCUT2D eigenvalue weighted by molar-refractivity contribution is 5.97. The van der Waals surface area contributed by atoms with Gasteiger partial charge in [-0.1, -0.05) is 36.4 Å². The van der Waals surface area contributed by atoms with Crippen LogP contribution in [0.25, 0.3) is 0 Å². The SMILES string of the molecule is NC(=NC(=O)OCc1ccccc1)N1CCN(CC(=O)Nc2cccc(C(=O)O)c2)C(=O)C1. The van der Waals surface area contributed by atoms with E-state index >= 15 is 0 Å². The molecule has 1 aliphatic heterocycles. The summed E-state index contributed by atoms with van der Waals surface area (Å²) < 4.78 is 5.05. The van der Waals surface area contributed by atoms with E-state index in [1.807, 2.05) is 18.2 Å². The number of guanidine groups is 1. The molecule has 172 valence electrons. The van der Waals surface area contributed by atoms with Gasteiger partial charge in [0.2, 0.25) is 17.8 Å². The number of hydrogen-bond acceptors (Lipinski definition) is 5. The molecule has 3 amide bonds. The molecule has 3 rings (SSSR count). The average molecular weight is 453 g/mol. The van der Waals surface area contributed by atoms with Gasteiger partial charge in [-0.05, 0) is 23.8 Å². The van der Waals surface area contributed by atoms with Crippen LogP contribution in [-0.4, -0.2) is 70.9 Å². The maximum absolute atomic E-state index is 12.4. The third kappa shape index (κ3) is 6.79. The Morgan fingerprint density at radius 3 is 2.55 bits per heavy atom. The Kier molecular flexibility index (Phi) is 7.58. The highest BCUT2D eigenvalue weighted by Crippen LogP contribution is 2.11. The number of aromatic carboxylic acids is 1. The molecule has 11 nitrogen and oxygen atoms in total. The molecule has 11 heteroatoms. The molecule has 0 aromatic heterocycles. The van der Waals surface area contributed by atoms with Crippen molar-refractivity contribution >= 4 is 35.5 Å². The molecule has 2 aromatic carbocycles. The van der Waals surface area contributed by atoms with Crippen molar-refractivity contribution in [1.29, 1.82) is 0 Å². The van der Waals surface area contributed by atoms with Gasteiger partial charge in [-0.15, -0.1) is 4.99 Å². The first-order valence-corrected chi connectivity index (χ1v) is 10.0. The summed E-state index contributed by atoms with van der Waals surface area (Å²) in [4.78, 5) is 54.1. The van der Waals surface area contributed by atoms with Crippen molar-refractivity contribution in [3.05, 3.63) is 65.7 Å². The number of aliphatic imine (C=N–C) groups is 1. The zero-order valence-electron chi connectivity index (χ0n) is 17.6. The van der Waals surface area contributed by atoms with Gasteiger partial charge < -0.3 is 30.7 Å². The number of anilines is 1. The molecule has 1 saturated heterocycles. The molecule has 0 saturated carbocycles. The van der Waals surface area contributed by atoms with Crippen molar-refractivity contribution in [3.8, 4) is 0 Å². The van der Waals surface area contributed by atoms with Gasteiger partial charge in [0.1, 0.15) is 6.61 Å². The Hall–Kier alpha value is -4.41. The number of nitrogens with zero attached hydrogens (tertiary/aromatic N) is 3. The van der Waals surface area contributed by atoms with Crippen LogP contribution < -0.4 is 11.1 Å². The van der Waals surface area contributed by atoms with Crippen LogP contribution in [0, 0.1) is 0 Å². The van der Waals surface area contributed by atoms with Gasteiger partial charge in [0, 0.05) is 18.8 Å². The number of nitrogens with two attached hydrogens (primary N) is 1. The largest absolute Gasteiger partial charge is 0.478 e. The molecule has 1 aliphatic rings. The van der Waals surface area contributed by atoms with E-state index in [4.69, 9.17) is 15.6 Å². The Balaban J connectivity index is 1.48. The minimum Gasteiger partial charge on any atom is -0.478 e. The number of carboxylic acids is 1. The van der Waals surface area contributed by atoms with E-state index in [2.05, 4.69) is 10.3 Å². The van der Waals surface area contributed by atoms with Crippen LogP contribution in [0.15, 0.2) is 59.6 Å². The lowest BCUT2D eigenvalue weighted by Gasteiger charge is -2.34. The lowest BCUT2D eigenvalue weighted by molar-refractivity contribution is -0.137. The lowest BCUT2D eigenvalue weighted by Crippen LogP contribution is -2.55. The van der Waals surface area contributed by atoms with Gasteiger partial charge in [0.15, 0.2) is 0 Å². The molecule has 1 heterocycles. The number of benzene rings is 2. The van der Waals surface area contributed by atoms with E-state index in [1.165, 1.54) is 28.0 Å². The van der Waals surface area contributed by atoms with E-state index in [9.17, 15) is 19.2 Å². The van der Waals surface area contributed by atoms with E-state index in [-0.39, 0.29) is 50.2 Å². The second-order valence-corrected chi connectivity index (χ2v) is 7.18. The van der Waals surface area contributed by atoms with Gasteiger partial charge in [-0.3, -0.25) is 9.59 Å². The standard InChI is InChI=1S/C22H23N5O6/c23-21(25-22(32)33-14-15-5-2-1-3-6-15)27-10-9-26(19(29)13-27)12-18(28)24-17-8-4-7-16(11-17)20(30)31/h1-8,11H,9-10,12-14H2,(H,24,28)(H,30,31)(H2,23,25,32). The minimum atomic E-state index is -1.11. The predicted octanol–water partition coefficient (Wildman–Crippen LogP) is 1.12. The fraction of sp³-hybridized carbons (Fsp3) is 0.227. The second kappa shape index (κ2) is 10.8. The van der Waals surface area contributed by atoms with Crippen LogP contribution in [0.2, 0.25) is 0 Å². The molecular weight excluding hydrogens is 430 g/mol. The van der Waals surface area contributed by atoms with Gasteiger partial charge in [0.05, 0.1) is 18.7 Å². The first-order valence-electron chi connectivity index (χ1n) is 10.0. The van der Waals surface area contributed by atoms with Gasteiger partial charge in [-0.25, -0.2) is 9.59 Å². The zero-order valence-corrected chi connectivity index (χ0v) is 17.6. The van der Waals surface area contributed by atoms with Crippen LogP contribution in [0.3, 0.4) is 0 Å². The third-order valence-corrected chi connectivity index (χ3v) is 4.78. The molecule has 0 unspecified atom stereocenters. The van der Waals surface area contributed by atoms with Crippen LogP contribution >= 0.6 is 0 Å². The molecular formula is C22H23N5O6. The molecule has 0 radical (unpaired) electrons. The molecule has 0 aliphatic carbocycles. The number of nitrogens with one attached hydrogen (secondary N) is 1. The van der Waals surface area contributed by atoms with Crippen LogP contribution in [0.4, 0.5) is 10.5 Å². The topological polar surface area (TPSA) is 155 Å². The monoisotopic (exact) mass is 453 g/mol. The smallest absolute Gasteiger partial charge is 0.437 e. The normalized spacial score (nSPS) is 14.1. The summed E-state index contributed by atoms with van der Waals surface area (Å²) in [5.41, 5.74) is 7.00. The highest BCUT2D eigenvalue weighted by atomic mass is 16.5. The zero-order chi connectivity index (χ0) is 23.8. The molecule has 0 spiro atoms. The predicted molar refractivity (Wildman–Crippen MR) is 118 cm³/mol. The Bertz CT molecular complexity index is 1070. The summed E-state index contributed by atoms with van der Waals surface area (Å²) in [5.74, 6) is -2.09. The quantitative estimate of drug-likeness (QED) is 0.434. The second-order valence-electron chi connectivity index (χ2n) is 7.18. The number of rotatable bonds is 6. The summed E-state index contributed by atoms with van der Waals surface area (Å²) in [7, 11) is 0. The Morgan fingerprint density at radius 2 is 1.85 bits per heavy atom. The first kappa shape index (κ1) is 23.3. The summed E-state index contributed by atoms with van der Waals surface area (Å²) in [6.45, 7) is 0.155. The summed E-state index contributed by atoms with van der Waals surface area (Å²) in [6.07, 6.45) is -0.866. The fourth-order valence-electron chi connectivity index (χ4n) is 3.09. The molecule has 0 atom stereocenters. The van der Waals surface area contributed by atoms with Crippen molar-refractivity contribution in [3.63, 3.8) is 0 Å². The van der Waals surface area contributed by atoms with Crippen molar-refractivity contribution in [2.45, 2.75) is 6.61 Å². The lowest BCUT2D eigenvalue weighted by atomic mass is 10.2. The fourth-order valence-corrected chi connectivity index (χ4v) is 3.09. The third-order valence-electron chi connectivity index (χ3n) is 4.78. The van der Waals surface area contributed by atoms with Crippen molar-refractivity contribution < 1.29 is 29.0 Å². The van der Waals surface area contributed by atoms with Crippen molar-refractivity contribution in [1.82, 2.24) is 9.80 Å². The maximum atomic E-state index is 12.4. The number of carbonyl (C=O) groups is 4. The summed E-state index contributed by atoms with van der Waals surface area (Å²) in [6, 6.07) is 14.9. The maximum Gasteiger partial charge on any atom is 0.437 e. The van der Waals surface area contributed by atoms with Gasteiger partial charge in [-0.2, -0.15) is 0 Å². The minimum absolute atomic E-state index is 0.0366. The molecule has 0 bridgehead atoms. The summed E-state index contributed by atoms with van der Waals surface area (Å²) in [5, 5.41) is 11.6. The van der Waals surface area contributed by atoms with Crippen LogP contribution in [-0.2, 0) is 20.9 Å². The number of ether oxygens (including phenoxy) is 1. The number of hydrogen-bond donors (Lipinski definition) is 3. The van der Waals surface area contributed by atoms with Gasteiger partial charge in [0.25, 0.3) is 0 Å². The number of carbonyl (C=O) groups excluding carboxylic acids is 3. The van der Waals surface area contributed by atoms with Gasteiger partial charge >= 0.3 is 12.1 Å². The van der Waals surface area contributed by atoms with Crippen LogP contribution in [0.1, 0.15) is 15.9 Å². The first-order chi connectivity index (χ1) is 15.8. The number of amides is 3. The Labute approximate surface area is 189 Å².